The molecule has 0 bridgehead atoms. The Kier molecular flexibility index (Phi) is 3.42. The van der Waals surface area contributed by atoms with Crippen molar-refractivity contribution in [1.82, 2.24) is 0 Å². The summed E-state index contributed by atoms with van der Waals surface area (Å²) >= 11 is 4.77. The SMILES string of the molecule is Cc1ccc(C(O)c2cc(Br)cs2)cc1F. The highest BCUT2D eigenvalue weighted by Gasteiger charge is 2.13. The van der Waals surface area contributed by atoms with E-state index in [0.29, 0.717) is 11.1 Å². The first-order valence-corrected chi connectivity index (χ1v) is 6.43. The van der Waals surface area contributed by atoms with Gasteiger partial charge in [0.1, 0.15) is 11.9 Å². The van der Waals surface area contributed by atoms with Crippen LogP contribution in [0.3, 0.4) is 0 Å². The van der Waals surface area contributed by atoms with Crippen molar-refractivity contribution in [2.75, 3.05) is 0 Å². The number of rotatable bonds is 2. The van der Waals surface area contributed by atoms with Crippen molar-refractivity contribution in [3.05, 3.63) is 55.9 Å². The Hall–Kier alpha value is -0.710. The first kappa shape index (κ1) is 11.8. The topological polar surface area (TPSA) is 20.2 Å². The molecule has 1 aromatic heterocycles. The number of aryl methyl sites for hydroxylation is 1. The molecule has 84 valence electrons. The van der Waals surface area contributed by atoms with Crippen molar-refractivity contribution in [3.8, 4) is 0 Å². The number of thiophene rings is 1. The minimum absolute atomic E-state index is 0.285. The maximum atomic E-state index is 13.3. The van der Waals surface area contributed by atoms with Crippen molar-refractivity contribution < 1.29 is 9.50 Å². The van der Waals surface area contributed by atoms with E-state index in [2.05, 4.69) is 15.9 Å². The molecule has 2 rings (SSSR count). The monoisotopic (exact) mass is 300 g/mol. The molecule has 0 radical (unpaired) electrons. The Morgan fingerprint density at radius 3 is 2.69 bits per heavy atom. The van der Waals surface area contributed by atoms with E-state index in [0.717, 1.165) is 9.35 Å². The quantitative estimate of drug-likeness (QED) is 0.887. The van der Waals surface area contributed by atoms with E-state index < -0.39 is 6.10 Å². The summed E-state index contributed by atoms with van der Waals surface area (Å²) < 4.78 is 14.3. The average molecular weight is 301 g/mol. The Morgan fingerprint density at radius 2 is 2.12 bits per heavy atom. The molecular weight excluding hydrogens is 291 g/mol. The Morgan fingerprint density at radius 1 is 1.38 bits per heavy atom. The molecule has 1 nitrogen and oxygen atoms in total. The molecule has 0 aliphatic rings. The van der Waals surface area contributed by atoms with Gasteiger partial charge in [-0.15, -0.1) is 11.3 Å². The molecule has 0 saturated heterocycles. The van der Waals surface area contributed by atoms with Gasteiger partial charge in [0.15, 0.2) is 0 Å². The molecule has 16 heavy (non-hydrogen) atoms. The summed E-state index contributed by atoms with van der Waals surface area (Å²) in [6.07, 6.45) is -0.758. The summed E-state index contributed by atoms with van der Waals surface area (Å²) in [5, 5.41) is 11.9. The van der Waals surface area contributed by atoms with E-state index in [1.807, 2.05) is 11.4 Å². The number of aliphatic hydroxyl groups is 1. The minimum atomic E-state index is -0.758. The molecule has 1 atom stereocenters. The fraction of sp³-hybridized carbons (Fsp3) is 0.167. The van der Waals surface area contributed by atoms with Crippen molar-refractivity contribution in [2.24, 2.45) is 0 Å². The van der Waals surface area contributed by atoms with Crippen LogP contribution in [0.1, 0.15) is 22.1 Å². The van der Waals surface area contributed by atoms with Crippen molar-refractivity contribution in [1.29, 1.82) is 0 Å². The molecule has 1 aromatic carbocycles. The predicted octanol–water partition coefficient (Wildman–Crippen LogP) is 4.04. The van der Waals surface area contributed by atoms with Crippen molar-refractivity contribution in [2.45, 2.75) is 13.0 Å². The summed E-state index contributed by atoms with van der Waals surface area (Å²) in [6.45, 7) is 1.70. The Bertz CT molecular complexity index is 509. The van der Waals surface area contributed by atoms with Crippen LogP contribution in [-0.2, 0) is 0 Å². The number of halogens is 2. The molecule has 1 unspecified atom stereocenters. The van der Waals surface area contributed by atoms with Gasteiger partial charge in [0.2, 0.25) is 0 Å². The third kappa shape index (κ3) is 2.34. The van der Waals surface area contributed by atoms with Gasteiger partial charge >= 0.3 is 0 Å². The van der Waals surface area contributed by atoms with Gasteiger partial charge in [-0.05, 0) is 46.1 Å². The van der Waals surface area contributed by atoms with Gasteiger partial charge in [-0.2, -0.15) is 0 Å². The lowest BCUT2D eigenvalue weighted by Gasteiger charge is -2.09. The van der Waals surface area contributed by atoms with Crippen molar-refractivity contribution in [3.63, 3.8) is 0 Å². The maximum absolute atomic E-state index is 13.3. The highest BCUT2D eigenvalue weighted by atomic mass is 79.9. The predicted molar refractivity (Wildman–Crippen MR) is 67.2 cm³/mol. The molecule has 0 fully saturated rings. The second-order valence-electron chi connectivity index (χ2n) is 3.58. The van der Waals surface area contributed by atoms with Gasteiger partial charge in [0.05, 0.1) is 0 Å². The largest absolute Gasteiger partial charge is 0.383 e. The maximum Gasteiger partial charge on any atom is 0.126 e. The van der Waals surface area contributed by atoms with E-state index in [-0.39, 0.29) is 5.82 Å². The van der Waals surface area contributed by atoms with Crippen LogP contribution in [0.15, 0.2) is 34.1 Å². The van der Waals surface area contributed by atoms with Gasteiger partial charge in [-0.1, -0.05) is 12.1 Å². The van der Waals surface area contributed by atoms with E-state index in [1.54, 1.807) is 19.1 Å². The Balaban J connectivity index is 2.33. The molecule has 0 aliphatic carbocycles. The minimum Gasteiger partial charge on any atom is -0.383 e. The van der Waals surface area contributed by atoms with Gasteiger partial charge in [-0.3, -0.25) is 0 Å². The molecule has 1 N–H and O–H groups in total. The average Bonchev–Trinajstić information content (AvgIpc) is 2.68. The van der Waals surface area contributed by atoms with Crippen LogP contribution in [-0.4, -0.2) is 5.11 Å². The zero-order valence-electron chi connectivity index (χ0n) is 8.58. The van der Waals surface area contributed by atoms with Gasteiger partial charge < -0.3 is 5.11 Å². The normalized spacial score (nSPS) is 12.8. The molecule has 2 aromatic rings. The number of aliphatic hydroxyl groups excluding tert-OH is 1. The molecule has 1 heterocycles. The van der Waals surface area contributed by atoms with Crippen LogP contribution in [0, 0.1) is 12.7 Å². The lowest BCUT2D eigenvalue weighted by Crippen LogP contribution is -1.98. The lowest BCUT2D eigenvalue weighted by atomic mass is 10.1. The third-order valence-corrected chi connectivity index (χ3v) is 4.11. The van der Waals surface area contributed by atoms with E-state index in [9.17, 15) is 9.50 Å². The molecule has 0 spiro atoms. The van der Waals surface area contributed by atoms with Crippen LogP contribution < -0.4 is 0 Å². The summed E-state index contributed by atoms with van der Waals surface area (Å²) in [4.78, 5) is 0.801. The van der Waals surface area contributed by atoms with Gasteiger partial charge in [-0.25, -0.2) is 4.39 Å². The lowest BCUT2D eigenvalue weighted by molar-refractivity contribution is 0.223. The van der Waals surface area contributed by atoms with E-state index in [4.69, 9.17) is 0 Å². The zero-order valence-corrected chi connectivity index (χ0v) is 11.0. The van der Waals surface area contributed by atoms with E-state index >= 15 is 0 Å². The van der Waals surface area contributed by atoms with Gasteiger partial charge in [0.25, 0.3) is 0 Å². The first-order valence-electron chi connectivity index (χ1n) is 4.76. The summed E-state index contributed by atoms with van der Waals surface area (Å²) in [5.74, 6) is -0.285. The molecule has 0 saturated carbocycles. The fourth-order valence-electron chi connectivity index (χ4n) is 1.42. The first-order chi connectivity index (χ1) is 7.58. The van der Waals surface area contributed by atoms with Crippen LogP contribution in [0.25, 0.3) is 0 Å². The molecular formula is C12H10BrFOS. The second-order valence-corrected chi connectivity index (χ2v) is 5.44. The van der Waals surface area contributed by atoms with Crippen LogP contribution in [0.5, 0.6) is 0 Å². The third-order valence-electron chi connectivity index (χ3n) is 2.37. The summed E-state index contributed by atoms with van der Waals surface area (Å²) in [5.41, 5.74) is 1.17. The van der Waals surface area contributed by atoms with Crippen LogP contribution in [0.2, 0.25) is 0 Å². The van der Waals surface area contributed by atoms with Gasteiger partial charge in [0, 0.05) is 14.7 Å². The summed E-state index contributed by atoms with van der Waals surface area (Å²) in [6, 6.07) is 6.65. The smallest absolute Gasteiger partial charge is 0.126 e. The molecule has 0 amide bonds. The number of hydrogen-bond acceptors (Lipinski definition) is 2. The van der Waals surface area contributed by atoms with Crippen LogP contribution >= 0.6 is 27.3 Å². The molecule has 4 heteroatoms. The number of benzene rings is 1. The summed E-state index contributed by atoms with van der Waals surface area (Å²) in [7, 11) is 0. The van der Waals surface area contributed by atoms with E-state index in [1.165, 1.54) is 17.4 Å². The highest BCUT2D eigenvalue weighted by molar-refractivity contribution is 9.10. The Labute approximate surface area is 106 Å². The van der Waals surface area contributed by atoms with Crippen LogP contribution in [0.4, 0.5) is 4.39 Å². The standard InChI is InChI=1S/C12H10BrFOS/c1-7-2-3-8(4-10(7)14)12(15)11-5-9(13)6-16-11/h2-6,12,15H,1H3. The zero-order chi connectivity index (χ0) is 11.7. The molecule has 0 aliphatic heterocycles. The second kappa shape index (κ2) is 4.65. The number of hydrogen-bond donors (Lipinski definition) is 1. The van der Waals surface area contributed by atoms with Crippen molar-refractivity contribution >= 4 is 27.3 Å². The fourth-order valence-corrected chi connectivity index (χ4v) is 2.87. The highest BCUT2D eigenvalue weighted by Crippen LogP contribution is 2.30.